The second-order valence-corrected chi connectivity index (χ2v) is 5.96. The lowest BCUT2D eigenvalue weighted by Gasteiger charge is -2.14. The quantitative estimate of drug-likeness (QED) is 0.785. The fourth-order valence-electron chi connectivity index (χ4n) is 2.42. The third-order valence-corrected chi connectivity index (χ3v) is 3.96. The molecule has 0 aliphatic heterocycles. The molecule has 1 unspecified atom stereocenters. The minimum atomic E-state index is -0.487. The van der Waals surface area contributed by atoms with Crippen molar-refractivity contribution in [1.29, 1.82) is 0 Å². The lowest BCUT2D eigenvalue weighted by Crippen LogP contribution is -2.23. The highest BCUT2D eigenvalue weighted by Gasteiger charge is 2.20. The first kappa shape index (κ1) is 15.1. The van der Waals surface area contributed by atoms with Gasteiger partial charge in [-0.2, -0.15) is 0 Å². The molecule has 22 heavy (non-hydrogen) atoms. The van der Waals surface area contributed by atoms with E-state index in [-0.39, 0.29) is 0 Å². The fourth-order valence-corrected chi connectivity index (χ4v) is 2.42. The Labute approximate surface area is 131 Å². The molecule has 0 amide bonds. The van der Waals surface area contributed by atoms with Crippen LogP contribution in [0.25, 0.3) is 0 Å². The van der Waals surface area contributed by atoms with E-state index in [1.807, 2.05) is 54.6 Å². The van der Waals surface area contributed by atoms with Crippen LogP contribution >= 0.6 is 0 Å². The molecule has 0 heterocycles. The van der Waals surface area contributed by atoms with Crippen LogP contribution in [0.15, 0.2) is 54.6 Å². The normalized spacial score (nSPS) is 15.5. The van der Waals surface area contributed by atoms with E-state index in [0.717, 1.165) is 29.3 Å². The van der Waals surface area contributed by atoms with Gasteiger partial charge in [-0.05, 0) is 48.6 Å². The van der Waals surface area contributed by atoms with E-state index in [2.05, 4.69) is 5.32 Å². The Kier molecular flexibility index (Phi) is 5.09. The van der Waals surface area contributed by atoms with Crippen LogP contribution in [0.5, 0.6) is 5.75 Å². The number of hydrogen-bond donors (Lipinski definition) is 2. The number of ether oxygens (including phenoxy) is 1. The molecule has 0 radical (unpaired) electrons. The smallest absolute Gasteiger partial charge is 0.120 e. The molecule has 116 valence electrons. The molecule has 3 heteroatoms. The van der Waals surface area contributed by atoms with Gasteiger partial charge in [0.1, 0.15) is 12.4 Å². The molecule has 3 rings (SSSR count). The van der Waals surface area contributed by atoms with E-state index in [4.69, 9.17) is 4.74 Å². The maximum Gasteiger partial charge on any atom is 0.120 e. The molecule has 1 saturated carbocycles. The minimum absolute atomic E-state index is 0.487. The zero-order valence-electron chi connectivity index (χ0n) is 12.7. The molecule has 2 N–H and O–H groups in total. The average molecular weight is 297 g/mol. The van der Waals surface area contributed by atoms with Crippen LogP contribution in [0.1, 0.15) is 30.1 Å². The lowest BCUT2D eigenvalue weighted by atomic mass is 10.1. The van der Waals surface area contributed by atoms with Gasteiger partial charge in [-0.1, -0.05) is 42.5 Å². The van der Waals surface area contributed by atoms with Crippen molar-refractivity contribution in [2.24, 2.45) is 5.92 Å². The first-order valence-corrected chi connectivity index (χ1v) is 7.97. The number of aliphatic hydroxyl groups excluding tert-OH is 1. The van der Waals surface area contributed by atoms with Crippen molar-refractivity contribution < 1.29 is 9.84 Å². The number of aliphatic hydroxyl groups is 1. The Bertz CT molecular complexity index is 581. The van der Waals surface area contributed by atoms with Crippen LogP contribution in [0.3, 0.4) is 0 Å². The third-order valence-electron chi connectivity index (χ3n) is 3.96. The first-order chi connectivity index (χ1) is 10.8. The molecule has 2 aromatic rings. The van der Waals surface area contributed by atoms with E-state index in [1.165, 1.54) is 12.8 Å². The van der Waals surface area contributed by atoms with Crippen molar-refractivity contribution in [3.8, 4) is 5.75 Å². The summed E-state index contributed by atoms with van der Waals surface area (Å²) in [5.41, 5.74) is 2.04. The number of rotatable bonds is 8. The van der Waals surface area contributed by atoms with Crippen LogP contribution in [0.2, 0.25) is 0 Å². The summed E-state index contributed by atoms with van der Waals surface area (Å²) in [6, 6.07) is 17.8. The molecule has 1 atom stereocenters. The average Bonchev–Trinajstić information content (AvgIpc) is 3.38. The van der Waals surface area contributed by atoms with Gasteiger partial charge >= 0.3 is 0 Å². The Balaban J connectivity index is 1.52. The highest BCUT2D eigenvalue weighted by molar-refractivity contribution is 5.30. The minimum Gasteiger partial charge on any atom is -0.489 e. The van der Waals surface area contributed by atoms with E-state index >= 15 is 0 Å². The van der Waals surface area contributed by atoms with Crippen LogP contribution in [0.4, 0.5) is 0 Å². The Morgan fingerprint density at radius 2 is 1.91 bits per heavy atom. The second-order valence-electron chi connectivity index (χ2n) is 5.96. The summed E-state index contributed by atoms with van der Waals surface area (Å²) in [5, 5.41) is 13.6. The van der Waals surface area contributed by atoms with Crippen molar-refractivity contribution in [2.45, 2.75) is 25.6 Å². The summed E-state index contributed by atoms with van der Waals surface area (Å²) in [5.74, 6) is 1.62. The first-order valence-electron chi connectivity index (χ1n) is 7.97. The van der Waals surface area contributed by atoms with Gasteiger partial charge in [0.15, 0.2) is 0 Å². The number of benzene rings is 2. The Hall–Kier alpha value is -1.84. The van der Waals surface area contributed by atoms with Gasteiger partial charge in [0.2, 0.25) is 0 Å². The predicted octanol–water partition coefficient (Wildman–Crippen LogP) is 3.30. The number of nitrogens with one attached hydrogen (secondary N) is 1. The lowest BCUT2D eigenvalue weighted by molar-refractivity contribution is 0.173. The number of hydrogen-bond acceptors (Lipinski definition) is 3. The summed E-state index contributed by atoms with van der Waals surface area (Å²) < 4.78 is 5.80. The summed E-state index contributed by atoms with van der Waals surface area (Å²) in [4.78, 5) is 0. The maximum absolute atomic E-state index is 10.2. The van der Waals surface area contributed by atoms with Crippen molar-refractivity contribution in [3.05, 3.63) is 65.7 Å². The topological polar surface area (TPSA) is 41.5 Å². The molecule has 0 saturated heterocycles. The Morgan fingerprint density at radius 3 is 2.68 bits per heavy atom. The summed E-state index contributed by atoms with van der Waals surface area (Å²) in [7, 11) is 0. The summed E-state index contributed by atoms with van der Waals surface area (Å²) in [6.45, 7) is 2.15. The fraction of sp³-hybridized carbons (Fsp3) is 0.368. The highest BCUT2D eigenvalue weighted by atomic mass is 16.5. The molecule has 1 fully saturated rings. The van der Waals surface area contributed by atoms with E-state index in [0.29, 0.717) is 13.2 Å². The van der Waals surface area contributed by atoms with Crippen molar-refractivity contribution in [3.63, 3.8) is 0 Å². The molecule has 0 spiro atoms. The maximum atomic E-state index is 10.2. The third kappa shape index (κ3) is 4.58. The van der Waals surface area contributed by atoms with E-state index in [9.17, 15) is 5.11 Å². The molecule has 1 aliphatic rings. The van der Waals surface area contributed by atoms with E-state index in [1.54, 1.807) is 0 Å². The van der Waals surface area contributed by atoms with Crippen LogP contribution in [-0.4, -0.2) is 18.2 Å². The zero-order chi connectivity index (χ0) is 15.2. The monoisotopic (exact) mass is 297 g/mol. The highest BCUT2D eigenvalue weighted by Crippen LogP contribution is 2.27. The van der Waals surface area contributed by atoms with Crippen LogP contribution in [-0.2, 0) is 6.61 Å². The largest absolute Gasteiger partial charge is 0.489 e. The SMILES string of the molecule is OC(CNCC1CC1)c1cccc(OCc2ccccc2)c1. The predicted molar refractivity (Wildman–Crippen MR) is 87.8 cm³/mol. The second kappa shape index (κ2) is 7.43. The van der Waals surface area contributed by atoms with Gasteiger partial charge in [-0.25, -0.2) is 0 Å². The summed E-state index contributed by atoms with van der Waals surface area (Å²) in [6.07, 6.45) is 2.16. The molecule has 3 nitrogen and oxygen atoms in total. The van der Waals surface area contributed by atoms with Crippen molar-refractivity contribution in [1.82, 2.24) is 5.32 Å². The zero-order valence-corrected chi connectivity index (χ0v) is 12.7. The van der Waals surface area contributed by atoms with Crippen LogP contribution in [0, 0.1) is 5.92 Å². The van der Waals surface area contributed by atoms with Gasteiger partial charge in [0.25, 0.3) is 0 Å². The standard InChI is InChI=1S/C19H23NO2/c21-19(13-20-12-15-9-10-15)17-7-4-8-18(11-17)22-14-16-5-2-1-3-6-16/h1-8,11,15,19-21H,9-10,12-14H2. The van der Waals surface area contributed by atoms with Gasteiger partial charge in [-0.15, -0.1) is 0 Å². The molecule has 0 aromatic heterocycles. The van der Waals surface area contributed by atoms with Crippen molar-refractivity contribution >= 4 is 0 Å². The molecular formula is C19H23NO2. The van der Waals surface area contributed by atoms with Gasteiger partial charge < -0.3 is 15.2 Å². The molecule has 0 bridgehead atoms. The molecule has 2 aromatic carbocycles. The van der Waals surface area contributed by atoms with Crippen molar-refractivity contribution in [2.75, 3.05) is 13.1 Å². The van der Waals surface area contributed by atoms with E-state index < -0.39 is 6.10 Å². The van der Waals surface area contributed by atoms with Crippen LogP contribution < -0.4 is 10.1 Å². The molecular weight excluding hydrogens is 274 g/mol. The van der Waals surface area contributed by atoms with Gasteiger partial charge in [0.05, 0.1) is 6.10 Å². The van der Waals surface area contributed by atoms with Gasteiger partial charge in [-0.3, -0.25) is 0 Å². The summed E-state index contributed by atoms with van der Waals surface area (Å²) >= 11 is 0. The Morgan fingerprint density at radius 1 is 1.09 bits per heavy atom. The van der Waals surface area contributed by atoms with Gasteiger partial charge in [0, 0.05) is 6.54 Å². The molecule has 1 aliphatic carbocycles.